The Morgan fingerprint density at radius 1 is 0.875 bits per heavy atom. The molecule has 2 N–H and O–H groups in total. The van der Waals surface area contributed by atoms with Gasteiger partial charge in [-0.1, -0.05) is 68.5 Å². The molecule has 5 aromatic rings. The van der Waals surface area contributed by atoms with E-state index in [1.165, 1.54) is 11.6 Å². The van der Waals surface area contributed by atoms with Gasteiger partial charge in [0.1, 0.15) is 23.0 Å². The molecule has 0 aromatic heterocycles. The maximum absolute atomic E-state index is 12.3. The zero-order valence-corrected chi connectivity index (χ0v) is 32.2. The molecule has 56 heavy (non-hydrogen) atoms. The summed E-state index contributed by atoms with van der Waals surface area (Å²) in [5.41, 5.74) is 7.27. The lowest BCUT2D eigenvalue weighted by Crippen LogP contribution is -2.35. The van der Waals surface area contributed by atoms with E-state index in [4.69, 9.17) is 18.9 Å². The minimum absolute atomic E-state index is 0.0508. The first kappa shape index (κ1) is 36.7. The van der Waals surface area contributed by atoms with Crippen LogP contribution in [-0.2, 0) is 20.6 Å². The van der Waals surface area contributed by atoms with E-state index in [1.54, 1.807) is 21.3 Å². The number of ether oxygens (including phenoxy) is 4. The Morgan fingerprint density at radius 3 is 2.14 bits per heavy atom. The SMILES string of the molecule is COc1ccc(C2(c3ccc(OC)cc3)C=Cc3c4c(c5cc(N6CCCC(CCC(=O)O)/C6=C/C(=O)O)c(OC)cc5c3O2)-c2ccccc2C4(C)C)cc1. The maximum atomic E-state index is 12.3. The molecule has 8 rings (SSSR count). The van der Waals surface area contributed by atoms with Crippen LogP contribution in [0.4, 0.5) is 5.69 Å². The van der Waals surface area contributed by atoms with Gasteiger partial charge in [0.25, 0.3) is 0 Å². The Kier molecular flexibility index (Phi) is 9.27. The Hall–Kier alpha value is -6.22. The highest BCUT2D eigenvalue weighted by atomic mass is 16.5. The second-order valence-electron chi connectivity index (χ2n) is 15.2. The summed E-state index contributed by atoms with van der Waals surface area (Å²) in [6.07, 6.45) is 7.32. The monoisotopic (exact) mass is 751 g/mol. The van der Waals surface area contributed by atoms with Gasteiger partial charge in [-0.05, 0) is 89.4 Å². The van der Waals surface area contributed by atoms with Crippen molar-refractivity contribution in [3.05, 3.63) is 131 Å². The fourth-order valence-electron chi connectivity index (χ4n) is 9.16. The first-order valence-corrected chi connectivity index (χ1v) is 18.9. The van der Waals surface area contributed by atoms with Gasteiger partial charge in [-0.25, -0.2) is 4.79 Å². The Bertz CT molecular complexity index is 2380. The van der Waals surface area contributed by atoms with Crippen LogP contribution in [0.25, 0.3) is 28.0 Å². The number of carboxylic acids is 2. The number of rotatable bonds is 10. The van der Waals surface area contributed by atoms with Gasteiger partial charge in [0.05, 0.1) is 27.0 Å². The molecule has 0 bridgehead atoms. The van der Waals surface area contributed by atoms with Crippen molar-refractivity contribution in [2.24, 2.45) is 5.92 Å². The molecule has 0 radical (unpaired) electrons. The summed E-state index contributed by atoms with van der Waals surface area (Å²) in [6.45, 7) is 5.06. The van der Waals surface area contributed by atoms with Gasteiger partial charge in [-0.2, -0.15) is 0 Å². The Morgan fingerprint density at radius 2 is 1.54 bits per heavy atom. The maximum Gasteiger partial charge on any atom is 0.330 e. The molecule has 9 nitrogen and oxygen atoms in total. The minimum atomic E-state index is -1.08. The summed E-state index contributed by atoms with van der Waals surface area (Å²) >= 11 is 0. The molecule has 1 unspecified atom stereocenters. The lowest BCUT2D eigenvalue weighted by molar-refractivity contribution is -0.137. The second kappa shape index (κ2) is 14.1. The molecule has 286 valence electrons. The van der Waals surface area contributed by atoms with E-state index in [9.17, 15) is 19.8 Å². The molecule has 9 heteroatoms. The van der Waals surface area contributed by atoms with Crippen molar-refractivity contribution in [3.63, 3.8) is 0 Å². The van der Waals surface area contributed by atoms with Crippen LogP contribution >= 0.6 is 0 Å². The highest BCUT2D eigenvalue weighted by Gasteiger charge is 2.45. The molecular formula is C47H45NO8. The molecule has 0 amide bonds. The van der Waals surface area contributed by atoms with Crippen molar-refractivity contribution in [1.82, 2.24) is 0 Å². The van der Waals surface area contributed by atoms with Gasteiger partial charge in [0.15, 0.2) is 5.60 Å². The molecule has 0 saturated carbocycles. The van der Waals surface area contributed by atoms with E-state index in [1.807, 2.05) is 59.5 Å². The highest BCUT2D eigenvalue weighted by molar-refractivity contribution is 6.10. The standard InChI is InChI=1S/C47H45NO8/c1-46(2)37-11-7-6-10-33(37)43-35-25-39(48-24-8-9-28(12-21-41(49)50)38(48)27-42(51)52)40(55-5)26-36(35)45-34(44(43)46)22-23-47(56-45,29-13-17-31(53-3)18-14-29)30-15-19-32(54-4)20-16-30/h6-7,10-11,13-20,22-23,25-28H,8-9,12,21,24H2,1-5H3,(H,49,50)(H,51,52)/b38-27-. The quantitative estimate of drug-likeness (QED) is 0.135. The summed E-state index contributed by atoms with van der Waals surface area (Å²) in [4.78, 5) is 25.9. The van der Waals surface area contributed by atoms with Crippen LogP contribution in [-0.4, -0.2) is 50.0 Å². The van der Waals surface area contributed by atoms with Gasteiger partial charge in [0, 0.05) is 58.1 Å². The van der Waals surface area contributed by atoms with Gasteiger partial charge >= 0.3 is 11.9 Å². The average molecular weight is 752 g/mol. The largest absolute Gasteiger partial charge is 0.497 e. The molecule has 1 atom stereocenters. The summed E-state index contributed by atoms with van der Waals surface area (Å²) in [6, 6.07) is 28.5. The van der Waals surface area contributed by atoms with E-state index in [2.05, 4.69) is 56.3 Å². The molecule has 3 aliphatic rings. The molecule has 1 fully saturated rings. The van der Waals surface area contributed by atoms with Crippen LogP contribution in [0.5, 0.6) is 23.0 Å². The van der Waals surface area contributed by atoms with Crippen LogP contribution in [0, 0.1) is 5.92 Å². The predicted molar refractivity (Wildman–Crippen MR) is 217 cm³/mol. The molecule has 2 heterocycles. The number of nitrogens with zero attached hydrogens (tertiary/aromatic N) is 1. The van der Waals surface area contributed by atoms with E-state index in [-0.39, 0.29) is 17.8 Å². The van der Waals surface area contributed by atoms with Gasteiger partial charge in [-0.3, -0.25) is 4.79 Å². The van der Waals surface area contributed by atoms with Crippen molar-refractivity contribution in [3.8, 4) is 34.1 Å². The smallest absolute Gasteiger partial charge is 0.330 e. The van der Waals surface area contributed by atoms with E-state index in [0.29, 0.717) is 36.6 Å². The highest BCUT2D eigenvalue weighted by Crippen LogP contribution is 2.59. The van der Waals surface area contributed by atoms with Crippen molar-refractivity contribution in [2.75, 3.05) is 32.8 Å². The van der Waals surface area contributed by atoms with Crippen LogP contribution in [0.3, 0.4) is 0 Å². The topological polar surface area (TPSA) is 115 Å². The number of anilines is 1. The number of piperidine rings is 1. The van der Waals surface area contributed by atoms with Crippen molar-refractivity contribution in [2.45, 2.75) is 50.5 Å². The molecule has 0 spiro atoms. The fraction of sp³-hybridized carbons (Fsp3) is 0.277. The van der Waals surface area contributed by atoms with Gasteiger partial charge in [-0.15, -0.1) is 0 Å². The van der Waals surface area contributed by atoms with Crippen LogP contribution in [0.2, 0.25) is 0 Å². The first-order chi connectivity index (χ1) is 27.0. The lowest BCUT2D eigenvalue weighted by Gasteiger charge is -2.39. The Balaban J connectivity index is 1.41. The lowest BCUT2D eigenvalue weighted by atomic mass is 9.76. The molecule has 2 aliphatic heterocycles. The van der Waals surface area contributed by atoms with Crippen molar-refractivity contribution < 1.29 is 38.7 Å². The molecule has 5 aromatic carbocycles. The van der Waals surface area contributed by atoms with E-state index >= 15 is 0 Å². The summed E-state index contributed by atoms with van der Waals surface area (Å²) < 4.78 is 24.8. The minimum Gasteiger partial charge on any atom is -0.497 e. The van der Waals surface area contributed by atoms with Crippen molar-refractivity contribution in [1.29, 1.82) is 0 Å². The van der Waals surface area contributed by atoms with Crippen LogP contribution in [0.15, 0.2) is 103 Å². The fourth-order valence-corrected chi connectivity index (χ4v) is 9.16. The van der Waals surface area contributed by atoms with Gasteiger partial charge in [0.2, 0.25) is 0 Å². The normalized spacial score (nSPS) is 18.1. The second-order valence-corrected chi connectivity index (χ2v) is 15.2. The number of fused-ring (bicyclic) bond motifs is 8. The van der Waals surface area contributed by atoms with Gasteiger partial charge < -0.3 is 34.1 Å². The third-order valence-electron chi connectivity index (χ3n) is 11.8. The summed E-state index contributed by atoms with van der Waals surface area (Å²) in [5, 5.41) is 21.4. The molecule has 1 saturated heterocycles. The number of hydrogen-bond acceptors (Lipinski definition) is 7. The zero-order valence-electron chi connectivity index (χ0n) is 32.2. The number of aliphatic carboxylic acids is 2. The number of benzene rings is 5. The van der Waals surface area contributed by atoms with E-state index in [0.717, 1.165) is 67.8 Å². The van der Waals surface area contributed by atoms with Crippen LogP contribution < -0.4 is 23.8 Å². The number of hydrogen-bond donors (Lipinski definition) is 2. The summed E-state index contributed by atoms with van der Waals surface area (Å²) in [7, 11) is 4.92. The average Bonchev–Trinajstić information content (AvgIpc) is 3.46. The Labute approximate surface area is 326 Å². The summed E-state index contributed by atoms with van der Waals surface area (Å²) in [5.74, 6) is 0.503. The first-order valence-electron chi connectivity index (χ1n) is 18.9. The van der Waals surface area contributed by atoms with E-state index < -0.39 is 17.5 Å². The number of methoxy groups -OCH3 is 3. The third-order valence-corrected chi connectivity index (χ3v) is 11.8. The number of carboxylic acid groups (broad SMARTS) is 2. The molecular weight excluding hydrogens is 707 g/mol. The molecule has 1 aliphatic carbocycles. The number of allylic oxidation sites excluding steroid dienone is 1. The predicted octanol–water partition coefficient (Wildman–Crippen LogP) is 9.57. The van der Waals surface area contributed by atoms with Crippen molar-refractivity contribution >= 4 is 34.5 Å². The zero-order chi connectivity index (χ0) is 39.4. The van der Waals surface area contributed by atoms with Crippen LogP contribution in [0.1, 0.15) is 67.3 Å². The third kappa shape index (κ3) is 5.93. The number of carbonyl (C=O) groups is 2.